The summed E-state index contributed by atoms with van der Waals surface area (Å²) in [6, 6.07) is 7.16. The highest BCUT2D eigenvalue weighted by Crippen LogP contribution is 2.35. The van der Waals surface area contributed by atoms with E-state index in [4.69, 9.17) is 4.74 Å². The second-order valence-electron chi connectivity index (χ2n) is 7.21. The molecule has 0 spiro atoms. The van der Waals surface area contributed by atoms with Crippen molar-refractivity contribution in [3.63, 3.8) is 0 Å². The van der Waals surface area contributed by atoms with Gasteiger partial charge in [0.05, 0.1) is 25.3 Å². The summed E-state index contributed by atoms with van der Waals surface area (Å²) >= 11 is 0. The Kier molecular flexibility index (Phi) is 5.05. The average molecular weight is 357 g/mol. The standard InChI is InChI=1S/C20H27N3O3/c1-13-17(14(2)22-21-13)12-19(24)23-11-5-6-18(23)20(3,25)15-7-9-16(26-4)10-8-15/h7-10,18,25H,5-6,11-12H2,1-4H3,(H,21,22)/t18-,20+/m1/s1. The van der Waals surface area contributed by atoms with Crippen molar-refractivity contribution in [1.82, 2.24) is 15.1 Å². The van der Waals surface area contributed by atoms with Crippen LogP contribution >= 0.6 is 0 Å². The van der Waals surface area contributed by atoms with Gasteiger partial charge in [0, 0.05) is 17.8 Å². The van der Waals surface area contributed by atoms with Crippen LogP contribution in [0.25, 0.3) is 0 Å². The second-order valence-corrected chi connectivity index (χ2v) is 7.21. The number of methoxy groups -OCH3 is 1. The number of hydrogen-bond donors (Lipinski definition) is 2. The predicted octanol–water partition coefficient (Wildman–Crippen LogP) is 2.48. The van der Waals surface area contributed by atoms with Gasteiger partial charge in [0.1, 0.15) is 11.4 Å². The molecular formula is C20H27N3O3. The summed E-state index contributed by atoms with van der Waals surface area (Å²) in [6.45, 7) is 6.30. The maximum absolute atomic E-state index is 13.0. The number of carbonyl (C=O) groups excluding carboxylic acids is 1. The Labute approximate surface area is 154 Å². The van der Waals surface area contributed by atoms with Crippen molar-refractivity contribution in [2.24, 2.45) is 0 Å². The molecule has 1 amide bonds. The number of ether oxygens (including phenoxy) is 1. The summed E-state index contributed by atoms with van der Waals surface area (Å²) in [4.78, 5) is 14.8. The Morgan fingerprint density at radius 1 is 1.38 bits per heavy atom. The molecule has 2 heterocycles. The van der Waals surface area contributed by atoms with Gasteiger partial charge in [-0.25, -0.2) is 0 Å². The molecule has 6 nitrogen and oxygen atoms in total. The molecule has 2 aromatic rings. The molecule has 0 saturated carbocycles. The molecule has 140 valence electrons. The van der Waals surface area contributed by atoms with Gasteiger partial charge in [0.15, 0.2) is 0 Å². The minimum atomic E-state index is -1.11. The minimum Gasteiger partial charge on any atom is -0.497 e. The van der Waals surface area contributed by atoms with E-state index in [1.54, 1.807) is 14.0 Å². The fraction of sp³-hybridized carbons (Fsp3) is 0.500. The number of nitrogens with zero attached hydrogens (tertiary/aromatic N) is 2. The molecule has 0 aliphatic carbocycles. The minimum absolute atomic E-state index is 0.0360. The van der Waals surface area contributed by atoms with E-state index < -0.39 is 5.60 Å². The highest BCUT2D eigenvalue weighted by molar-refractivity contribution is 5.80. The van der Waals surface area contributed by atoms with Crippen LogP contribution in [0.3, 0.4) is 0 Å². The molecular weight excluding hydrogens is 330 g/mol. The van der Waals surface area contributed by atoms with Gasteiger partial charge in [-0.3, -0.25) is 9.89 Å². The summed E-state index contributed by atoms with van der Waals surface area (Å²) in [7, 11) is 1.62. The van der Waals surface area contributed by atoms with Crippen LogP contribution in [0.15, 0.2) is 24.3 Å². The largest absolute Gasteiger partial charge is 0.497 e. The molecule has 1 fully saturated rings. The Hall–Kier alpha value is -2.34. The molecule has 2 atom stereocenters. The van der Waals surface area contributed by atoms with E-state index in [2.05, 4.69) is 10.2 Å². The molecule has 6 heteroatoms. The van der Waals surface area contributed by atoms with Gasteiger partial charge in [-0.15, -0.1) is 0 Å². The lowest BCUT2D eigenvalue weighted by molar-refractivity contribution is -0.137. The monoisotopic (exact) mass is 357 g/mol. The summed E-state index contributed by atoms with van der Waals surface area (Å²) in [5, 5.41) is 18.4. The van der Waals surface area contributed by atoms with Gasteiger partial charge < -0.3 is 14.7 Å². The molecule has 3 rings (SSSR count). The Balaban J connectivity index is 1.81. The molecule has 1 aromatic carbocycles. The number of aromatic nitrogens is 2. The van der Waals surface area contributed by atoms with Crippen LogP contribution in [-0.4, -0.2) is 45.8 Å². The van der Waals surface area contributed by atoms with E-state index in [-0.39, 0.29) is 11.9 Å². The Morgan fingerprint density at radius 2 is 2.08 bits per heavy atom. The number of H-pyrrole nitrogens is 1. The molecule has 0 bridgehead atoms. The first-order valence-corrected chi connectivity index (χ1v) is 9.01. The van der Waals surface area contributed by atoms with Crippen molar-refractivity contribution in [2.75, 3.05) is 13.7 Å². The number of hydrogen-bond acceptors (Lipinski definition) is 4. The lowest BCUT2D eigenvalue weighted by Crippen LogP contribution is -2.48. The summed E-state index contributed by atoms with van der Waals surface area (Å²) in [5.41, 5.74) is 2.41. The number of benzene rings is 1. The van der Waals surface area contributed by atoms with Crippen molar-refractivity contribution in [3.8, 4) is 5.75 Å². The Bertz CT molecular complexity index is 761. The molecule has 0 radical (unpaired) electrons. The molecule has 1 aromatic heterocycles. The predicted molar refractivity (Wildman–Crippen MR) is 99.1 cm³/mol. The van der Waals surface area contributed by atoms with Crippen LogP contribution < -0.4 is 4.74 Å². The average Bonchev–Trinajstić information content (AvgIpc) is 3.24. The van der Waals surface area contributed by atoms with Gasteiger partial charge in [0.2, 0.25) is 5.91 Å². The molecule has 1 aliphatic heterocycles. The fourth-order valence-electron chi connectivity index (χ4n) is 3.86. The van der Waals surface area contributed by atoms with Crippen LogP contribution in [0, 0.1) is 13.8 Å². The smallest absolute Gasteiger partial charge is 0.227 e. The van der Waals surface area contributed by atoms with E-state index in [9.17, 15) is 9.90 Å². The van der Waals surface area contributed by atoms with Crippen LogP contribution in [0.4, 0.5) is 0 Å². The van der Waals surface area contributed by atoms with Gasteiger partial charge in [-0.05, 0) is 51.3 Å². The van der Waals surface area contributed by atoms with E-state index in [1.165, 1.54) is 0 Å². The lowest BCUT2D eigenvalue weighted by atomic mass is 9.86. The van der Waals surface area contributed by atoms with Gasteiger partial charge in [-0.1, -0.05) is 12.1 Å². The first kappa shape index (κ1) is 18.5. The van der Waals surface area contributed by atoms with Crippen molar-refractivity contribution in [2.45, 2.75) is 51.7 Å². The summed E-state index contributed by atoms with van der Waals surface area (Å²) < 4.78 is 5.19. The van der Waals surface area contributed by atoms with Gasteiger partial charge >= 0.3 is 0 Å². The third-order valence-corrected chi connectivity index (χ3v) is 5.51. The van der Waals surface area contributed by atoms with Crippen molar-refractivity contribution in [3.05, 3.63) is 46.8 Å². The van der Waals surface area contributed by atoms with Crippen molar-refractivity contribution < 1.29 is 14.6 Å². The van der Waals surface area contributed by atoms with Crippen LogP contribution in [0.1, 0.15) is 42.3 Å². The fourth-order valence-corrected chi connectivity index (χ4v) is 3.86. The zero-order valence-electron chi connectivity index (χ0n) is 15.9. The SMILES string of the molecule is COc1ccc([C@](C)(O)[C@H]2CCCN2C(=O)Cc2c(C)n[nH]c2C)cc1. The van der Waals surface area contributed by atoms with Crippen LogP contribution in [0.2, 0.25) is 0 Å². The quantitative estimate of drug-likeness (QED) is 0.862. The van der Waals surface area contributed by atoms with Gasteiger partial charge in [0.25, 0.3) is 0 Å². The first-order chi connectivity index (χ1) is 12.3. The first-order valence-electron chi connectivity index (χ1n) is 9.01. The number of aryl methyl sites for hydroxylation is 2. The third-order valence-electron chi connectivity index (χ3n) is 5.51. The van der Waals surface area contributed by atoms with E-state index in [0.29, 0.717) is 13.0 Å². The summed E-state index contributed by atoms with van der Waals surface area (Å²) in [6.07, 6.45) is 1.99. The molecule has 2 N–H and O–H groups in total. The number of nitrogens with one attached hydrogen (secondary N) is 1. The Morgan fingerprint density at radius 3 is 2.65 bits per heavy atom. The zero-order chi connectivity index (χ0) is 18.9. The molecule has 26 heavy (non-hydrogen) atoms. The third kappa shape index (κ3) is 3.33. The number of likely N-dealkylation sites (tertiary alicyclic amines) is 1. The number of amides is 1. The number of carbonyl (C=O) groups is 1. The highest BCUT2D eigenvalue weighted by atomic mass is 16.5. The van der Waals surface area contributed by atoms with Crippen LogP contribution in [-0.2, 0) is 16.8 Å². The second kappa shape index (κ2) is 7.11. The summed E-state index contributed by atoms with van der Waals surface area (Å²) in [5.74, 6) is 0.781. The van der Waals surface area contributed by atoms with Crippen LogP contribution in [0.5, 0.6) is 5.75 Å². The van der Waals surface area contributed by atoms with E-state index >= 15 is 0 Å². The van der Waals surface area contributed by atoms with Gasteiger partial charge in [-0.2, -0.15) is 5.10 Å². The number of aromatic amines is 1. The maximum Gasteiger partial charge on any atom is 0.227 e. The van der Waals surface area contributed by atoms with Crippen molar-refractivity contribution >= 4 is 5.91 Å². The molecule has 0 unspecified atom stereocenters. The molecule has 1 aliphatic rings. The normalized spacial score (nSPS) is 19.4. The highest BCUT2D eigenvalue weighted by Gasteiger charge is 2.42. The zero-order valence-corrected chi connectivity index (χ0v) is 15.9. The number of aliphatic hydroxyl groups is 1. The van der Waals surface area contributed by atoms with E-state index in [1.807, 2.05) is 43.0 Å². The topological polar surface area (TPSA) is 78.5 Å². The maximum atomic E-state index is 13.0. The lowest BCUT2D eigenvalue weighted by Gasteiger charge is -2.37. The number of rotatable bonds is 5. The van der Waals surface area contributed by atoms with Crippen molar-refractivity contribution in [1.29, 1.82) is 0 Å². The molecule has 1 saturated heterocycles. The van der Waals surface area contributed by atoms with E-state index in [0.717, 1.165) is 41.1 Å².